The molecule has 0 radical (unpaired) electrons. The first kappa shape index (κ1) is 17.4. The summed E-state index contributed by atoms with van der Waals surface area (Å²) in [7, 11) is 0. The van der Waals surface area contributed by atoms with Crippen LogP contribution in [-0.2, 0) is 9.47 Å². The molecule has 7 nitrogen and oxygen atoms in total. The standard InChI is InChI=1S/C13H17ClN2O5/c1-3-20-12(21-4-2)8-15-13(17)10-7-9(16(18)19)5-6-11(10)14/h5-7,12H,3-4,8H2,1-2H3,(H,15,17). The lowest BCUT2D eigenvalue weighted by molar-refractivity contribution is -0.384. The minimum absolute atomic E-state index is 0.0395. The fourth-order valence-electron chi connectivity index (χ4n) is 1.61. The number of carbonyl (C=O) groups excluding carboxylic acids is 1. The van der Waals surface area contributed by atoms with Gasteiger partial charge in [-0.05, 0) is 19.9 Å². The van der Waals surface area contributed by atoms with Crippen molar-refractivity contribution in [2.45, 2.75) is 20.1 Å². The van der Waals surface area contributed by atoms with Crippen LogP contribution >= 0.6 is 11.6 Å². The number of nitro benzene ring substituents is 1. The fraction of sp³-hybridized carbons (Fsp3) is 0.462. The smallest absolute Gasteiger partial charge is 0.270 e. The van der Waals surface area contributed by atoms with Gasteiger partial charge in [0, 0.05) is 25.3 Å². The van der Waals surface area contributed by atoms with E-state index in [1.165, 1.54) is 12.1 Å². The molecule has 21 heavy (non-hydrogen) atoms. The van der Waals surface area contributed by atoms with Crippen LogP contribution in [0.2, 0.25) is 5.02 Å². The molecule has 0 atom stereocenters. The van der Waals surface area contributed by atoms with E-state index in [0.29, 0.717) is 13.2 Å². The number of benzene rings is 1. The number of rotatable bonds is 8. The van der Waals surface area contributed by atoms with E-state index in [4.69, 9.17) is 21.1 Å². The summed E-state index contributed by atoms with van der Waals surface area (Å²) in [4.78, 5) is 22.2. The van der Waals surface area contributed by atoms with Gasteiger partial charge in [-0.15, -0.1) is 0 Å². The highest BCUT2D eigenvalue weighted by molar-refractivity contribution is 6.33. The van der Waals surface area contributed by atoms with Crippen molar-refractivity contribution in [2.75, 3.05) is 19.8 Å². The summed E-state index contributed by atoms with van der Waals surface area (Å²) >= 11 is 5.89. The van der Waals surface area contributed by atoms with Gasteiger partial charge in [-0.25, -0.2) is 0 Å². The van der Waals surface area contributed by atoms with E-state index >= 15 is 0 Å². The third-order valence-electron chi connectivity index (χ3n) is 2.54. The van der Waals surface area contributed by atoms with Gasteiger partial charge in [-0.2, -0.15) is 0 Å². The Bertz CT molecular complexity index is 503. The molecular formula is C13H17ClN2O5. The average Bonchev–Trinajstić information content (AvgIpc) is 2.45. The van der Waals surface area contributed by atoms with Gasteiger partial charge in [0.1, 0.15) is 0 Å². The van der Waals surface area contributed by atoms with Crippen molar-refractivity contribution in [3.63, 3.8) is 0 Å². The summed E-state index contributed by atoms with van der Waals surface area (Å²) < 4.78 is 10.6. The van der Waals surface area contributed by atoms with Gasteiger partial charge in [0.2, 0.25) is 0 Å². The highest BCUT2D eigenvalue weighted by Gasteiger charge is 2.17. The highest BCUT2D eigenvalue weighted by Crippen LogP contribution is 2.21. The lowest BCUT2D eigenvalue weighted by Gasteiger charge is -2.17. The number of halogens is 1. The van der Waals surface area contributed by atoms with Crippen LogP contribution in [0.5, 0.6) is 0 Å². The van der Waals surface area contributed by atoms with Crippen LogP contribution in [0.15, 0.2) is 18.2 Å². The summed E-state index contributed by atoms with van der Waals surface area (Å²) in [5, 5.41) is 13.4. The van der Waals surface area contributed by atoms with E-state index in [9.17, 15) is 14.9 Å². The molecule has 1 aromatic rings. The Morgan fingerprint density at radius 1 is 1.38 bits per heavy atom. The lowest BCUT2D eigenvalue weighted by atomic mass is 10.2. The summed E-state index contributed by atoms with van der Waals surface area (Å²) in [6, 6.07) is 3.69. The summed E-state index contributed by atoms with van der Waals surface area (Å²) in [6.07, 6.45) is -0.568. The maximum atomic E-state index is 12.0. The molecule has 116 valence electrons. The van der Waals surface area contributed by atoms with Gasteiger partial charge in [0.15, 0.2) is 6.29 Å². The molecule has 1 rings (SSSR count). The van der Waals surface area contributed by atoms with E-state index < -0.39 is 17.1 Å². The molecule has 1 aromatic carbocycles. The molecular weight excluding hydrogens is 300 g/mol. The van der Waals surface area contributed by atoms with Crippen LogP contribution in [0.25, 0.3) is 0 Å². The second-order valence-electron chi connectivity index (χ2n) is 3.97. The topological polar surface area (TPSA) is 90.7 Å². The molecule has 0 heterocycles. The number of non-ortho nitro benzene ring substituents is 1. The van der Waals surface area contributed by atoms with E-state index in [0.717, 1.165) is 6.07 Å². The van der Waals surface area contributed by atoms with Crippen LogP contribution in [0.3, 0.4) is 0 Å². The third kappa shape index (κ3) is 5.30. The minimum atomic E-state index is -0.587. The number of ether oxygens (including phenoxy) is 2. The molecule has 0 aliphatic carbocycles. The Labute approximate surface area is 127 Å². The first-order chi connectivity index (χ1) is 9.99. The summed E-state index contributed by atoms with van der Waals surface area (Å²) in [5.41, 5.74) is -0.159. The van der Waals surface area contributed by atoms with E-state index in [-0.39, 0.29) is 22.8 Å². The Morgan fingerprint density at radius 2 is 2.00 bits per heavy atom. The predicted octanol–water partition coefficient (Wildman–Crippen LogP) is 2.38. The van der Waals surface area contributed by atoms with Crippen molar-refractivity contribution in [3.8, 4) is 0 Å². The number of nitrogens with one attached hydrogen (secondary N) is 1. The Morgan fingerprint density at radius 3 is 2.52 bits per heavy atom. The number of hydrogen-bond donors (Lipinski definition) is 1. The highest BCUT2D eigenvalue weighted by atomic mass is 35.5. The first-order valence-corrected chi connectivity index (χ1v) is 6.82. The zero-order valence-electron chi connectivity index (χ0n) is 11.8. The van der Waals surface area contributed by atoms with Crippen molar-refractivity contribution in [1.29, 1.82) is 0 Å². The zero-order chi connectivity index (χ0) is 15.8. The van der Waals surface area contributed by atoms with Crippen molar-refractivity contribution in [1.82, 2.24) is 5.32 Å². The maximum Gasteiger partial charge on any atom is 0.270 e. The van der Waals surface area contributed by atoms with Crippen molar-refractivity contribution in [3.05, 3.63) is 38.9 Å². The lowest BCUT2D eigenvalue weighted by Crippen LogP contribution is -2.35. The number of nitrogens with zero attached hydrogens (tertiary/aromatic N) is 1. The molecule has 0 fully saturated rings. The van der Waals surface area contributed by atoms with Gasteiger partial charge in [-0.1, -0.05) is 11.6 Å². The molecule has 1 amide bonds. The van der Waals surface area contributed by atoms with Gasteiger partial charge in [-0.3, -0.25) is 14.9 Å². The Hall–Kier alpha value is -1.70. The van der Waals surface area contributed by atoms with Crippen molar-refractivity contribution < 1.29 is 19.2 Å². The number of hydrogen-bond acceptors (Lipinski definition) is 5. The van der Waals surface area contributed by atoms with Gasteiger partial charge >= 0.3 is 0 Å². The number of nitro groups is 1. The average molecular weight is 317 g/mol. The molecule has 0 unspecified atom stereocenters. The maximum absolute atomic E-state index is 12.0. The van der Waals surface area contributed by atoms with Gasteiger partial charge in [0.05, 0.1) is 22.1 Å². The largest absolute Gasteiger partial charge is 0.351 e. The van der Waals surface area contributed by atoms with Gasteiger partial charge in [0.25, 0.3) is 11.6 Å². The number of carbonyl (C=O) groups is 1. The predicted molar refractivity (Wildman–Crippen MR) is 77.5 cm³/mol. The molecule has 0 saturated carbocycles. The van der Waals surface area contributed by atoms with Crippen LogP contribution in [-0.4, -0.2) is 36.9 Å². The Balaban J connectivity index is 2.74. The molecule has 0 saturated heterocycles. The Kier molecular flexibility index (Phi) is 7.07. The molecule has 0 aromatic heterocycles. The minimum Gasteiger partial charge on any atom is -0.351 e. The monoisotopic (exact) mass is 316 g/mol. The molecule has 0 aliphatic rings. The molecule has 1 N–H and O–H groups in total. The molecule has 0 aliphatic heterocycles. The first-order valence-electron chi connectivity index (χ1n) is 6.44. The fourth-order valence-corrected chi connectivity index (χ4v) is 1.81. The van der Waals surface area contributed by atoms with Crippen LogP contribution in [0.1, 0.15) is 24.2 Å². The molecule has 0 spiro atoms. The SMILES string of the molecule is CCOC(CNC(=O)c1cc([N+](=O)[O-])ccc1Cl)OCC. The molecule has 8 heteroatoms. The van der Waals surface area contributed by atoms with E-state index in [1.807, 2.05) is 13.8 Å². The summed E-state index contributed by atoms with van der Waals surface area (Å²) in [5.74, 6) is -0.520. The quantitative estimate of drug-likeness (QED) is 0.451. The van der Waals surface area contributed by atoms with E-state index in [2.05, 4.69) is 5.32 Å². The van der Waals surface area contributed by atoms with Crippen LogP contribution in [0, 0.1) is 10.1 Å². The second-order valence-corrected chi connectivity index (χ2v) is 4.38. The zero-order valence-corrected chi connectivity index (χ0v) is 12.6. The summed E-state index contributed by atoms with van der Waals surface area (Å²) in [6.45, 7) is 4.63. The van der Waals surface area contributed by atoms with Gasteiger partial charge < -0.3 is 14.8 Å². The van der Waals surface area contributed by atoms with Crippen LogP contribution < -0.4 is 5.32 Å². The van der Waals surface area contributed by atoms with Crippen molar-refractivity contribution in [2.24, 2.45) is 0 Å². The normalized spacial score (nSPS) is 10.7. The number of amides is 1. The van der Waals surface area contributed by atoms with Crippen molar-refractivity contribution >= 4 is 23.2 Å². The second kappa shape index (κ2) is 8.56. The van der Waals surface area contributed by atoms with Crippen LogP contribution in [0.4, 0.5) is 5.69 Å². The molecule has 0 bridgehead atoms. The third-order valence-corrected chi connectivity index (χ3v) is 2.87. The van der Waals surface area contributed by atoms with E-state index in [1.54, 1.807) is 0 Å².